The molecule has 0 amide bonds. The first kappa shape index (κ1) is 24.6. The molecule has 39 heavy (non-hydrogen) atoms. The van der Waals surface area contributed by atoms with Crippen molar-refractivity contribution in [2.45, 2.75) is 39.5 Å². The molecule has 0 saturated heterocycles. The minimum Gasteiger partial charge on any atom is -0.455 e. The SMILES string of the molecule is CC(C)c1cc(-c2ccccc2)cc(C(C)C)c1-c1ccnc(-c2cccc3c2oc2cc(C#N)ccc23)c1. The van der Waals surface area contributed by atoms with Crippen molar-refractivity contribution in [3.63, 3.8) is 0 Å². The van der Waals surface area contributed by atoms with E-state index in [1.165, 1.54) is 27.8 Å². The van der Waals surface area contributed by atoms with E-state index < -0.39 is 0 Å². The molecule has 2 heterocycles. The maximum atomic E-state index is 9.35. The first-order valence-electron chi connectivity index (χ1n) is 13.5. The van der Waals surface area contributed by atoms with E-state index in [-0.39, 0.29) is 0 Å². The molecular formula is C36H30N2O. The van der Waals surface area contributed by atoms with Gasteiger partial charge in [0, 0.05) is 22.5 Å². The molecule has 0 saturated carbocycles. The summed E-state index contributed by atoms with van der Waals surface area (Å²) in [6.45, 7) is 9.07. The fourth-order valence-corrected chi connectivity index (χ4v) is 5.53. The maximum Gasteiger partial charge on any atom is 0.144 e. The van der Waals surface area contributed by atoms with Crippen LogP contribution < -0.4 is 0 Å². The van der Waals surface area contributed by atoms with Gasteiger partial charge in [0.25, 0.3) is 0 Å². The summed E-state index contributed by atoms with van der Waals surface area (Å²) in [5.74, 6) is 0.705. The van der Waals surface area contributed by atoms with Gasteiger partial charge in [0.1, 0.15) is 11.2 Å². The fraction of sp³-hybridized carbons (Fsp3) is 0.167. The van der Waals surface area contributed by atoms with E-state index in [0.29, 0.717) is 23.0 Å². The summed E-state index contributed by atoms with van der Waals surface area (Å²) in [6.07, 6.45) is 1.90. The number of para-hydroxylation sites is 1. The van der Waals surface area contributed by atoms with Crippen LogP contribution in [0.4, 0.5) is 0 Å². The van der Waals surface area contributed by atoms with Gasteiger partial charge in [0.05, 0.1) is 17.3 Å². The predicted molar refractivity (Wildman–Crippen MR) is 161 cm³/mol. The third kappa shape index (κ3) is 4.39. The van der Waals surface area contributed by atoms with Crippen molar-refractivity contribution in [1.29, 1.82) is 5.26 Å². The lowest BCUT2D eigenvalue weighted by Gasteiger charge is -2.22. The van der Waals surface area contributed by atoms with Crippen molar-refractivity contribution >= 4 is 21.9 Å². The van der Waals surface area contributed by atoms with Crippen LogP contribution in [0.15, 0.2) is 102 Å². The summed E-state index contributed by atoms with van der Waals surface area (Å²) >= 11 is 0. The monoisotopic (exact) mass is 506 g/mol. The largest absolute Gasteiger partial charge is 0.455 e. The van der Waals surface area contributed by atoms with Crippen LogP contribution >= 0.6 is 0 Å². The Hall–Kier alpha value is -4.68. The van der Waals surface area contributed by atoms with Gasteiger partial charge >= 0.3 is 0 Å². The summed E-state index contributed by atoms with van der Waals surface area (Å²) in [4.78, 5) is 4.79. The van der Waals surface area contributed by atoms with E-state index in [9.17, 15) is 5.26 Å². The van der Waals surface area contributed by atoms with Crippen LogP contribution in [0.1, 0.15) is 56.2 Å². The van der Waals surface area contributed by atoms with Gasteiger partial charge in [-0.1, -0.05) is 82.3 Å². The molecule has 0 aliphatic heterocycles. The van der Waals surface area contributed by atoms with Crippen molar-refractivity contribution < 1.29 is 4.42 Å². The molecule has 6 rings (SSSR count). The zero-order valence-corrected chi connectivity index (χ0v) is 22.7. The Morgan fingerprint density at radius 3 is 2.13 bits per heavy atom. The number of furan rings is 1. The highest BCUT2D eigenvalue weighted by molar-refractivity contribution is 6.09. The average Bonchev–Trinajstić information content (AvgIpc) is 3.35. The summed E-state index contributed by atoms with van der Waals surface area (Å²) in [5.41, 5.74) is 11.5. The molecule has 2 aromatic heterocycles. The summed E-state index contributed by atoms with van der Waals surface area (Å²) in [6, 6.07) is 33.6. The molecule has 0 spiro atoms. The van der Waals surface area contributed by atoms with Gasteiger partial charge in [-0.05, 0) is 81.6 Å². The van der Waals surface area contributed by atoms with Gasteiger partial charge in [-0.15, -0.1) is 0 Å². The molecule has 0 radical (unpaired) electrons. The Kier molecular flexibility index (Phi) is 6.25. The molecule has 3 heteroatoms. The first-order valence-corrected chi connectivity index (χ1v) is 13.5. The molecular weight excluding hydrogens is 476 g/mol. The van der Waals surface area contributed by atoms with Crippen molar-refractivity contribution in [2.75, 3.05) is 0 Å². The second-order valence-corrected chi connectivity index (χ2v) is 10.7. The number of benzene rings is 4. The number of nitriles is 1. The van der Waals surface area contributed by atoms with Crippen LogP contribution in [0, 0.1) is 11.3 Å². The molecule has 0 aliphatic rings. The Labute approximate surface area is 229 Å². The third-order valence-corrected chi connectivity index (χ3v) is 7.50. The standard InChI is InChI=1S/C36H30N2O/c1-22(2)31-18-27(25-9-6-5-7-10-25)19-32(23(3)4)35(31)26-15-16-38-33(20-26)30-12-8-11-29-28-14-13-24(21-37)17-34(28)39-36(29)30/h5-20,22-23H,1-4H3. The number of hydrogen-bond donors (Lipinski definition) is 0. The van der Waals surface area contributed by atoms with Crippen molar-refractivity contribution in [3.8, 4) is 39.6 Å². The first-order chi connectivity index (χ1) is 18.9. The summed E-state index contributed by atoms with van der Waals surface area (Å²) < 4.78 is 6.32. The normalized spacial score (nSPS) is 11.5. The molecule has 0 N–H and O–H groups in total. The predicted octanol–water partition coefficient (Wildman–Crippen LogP) is 10.1. The van der Waals surface area contributed by atoms with Crippen LogP contribution in [0.2, 0.25) is 0 Å². The second-order valence-electron chi connectivity index (χ2n) is 10.7. The molecule has 6 aromatic rings. The van der Waals surface area contributed by atoms with Gasteiger partial charge in [-0.25, -0.2) is 0 Å². The molecule has 0 aliphatic carbocycles. The molecule has 0 atom stereocenters. The van der Waals surface area contributed by atoms with Gasteiger partial charge in [-0.3, -0.25) is 4.98 Å². The van der Waals surface area contributed by atoms with E-state index in [2.05, 4.69) is 100 Å². The highest BCUT2D eigenvalue weighted by atomic mass is 16.3. The Balaban J connectivity index is 1.55. The lowest BCUT2D eigenvalue weighted by atomic mass is 9.82. The molecule has 3 nitrogen and oxygen atoms in total. The van der Waals surface area contributed by atoms with E-state index in [4.69, 9.17) is 9.40 Å². The number of nitrogens with zero attached hydrogens (tertiary/aromatic N) is 2. The minimum absolute atomic E-state index is 0.353. The zero-order chi connectivity index (χ0) is 27.1. The Bertz CT molecular complexity index is 1840. The van der Waals surface area contributed by atoms with Crippen LogP contribution in [0.5, 0.6) is 0 Å². The lowest BCUT2D eigenvalue weighted by molar-refractivity contribution is 0.669. The van der Waals surface area contributed by atoms with E-state index in [1.54, 1.807) is 6.07 Å². The topological polar surface area (TPSA) is 49.8 Å². The number of hydrogen-bond acceptors (Lipinski definition) is 3. The zero-order valence-electron chi connectivity index (χ0n) is 22.7. The minimum atomic E-state index is 0.353. The van der Waals surface area contributed by atoms with Gasteiger partial charge < -0.3 is 4.42 Å². The van der Waals surface area contributed by atoms with Crippen LogP contribution in [0.3, 0.4) is 0 Å². The smallest absolute Gasteiger partial charge is 0.144 e. The molecule has 4 aromatic carbocycles. The highest BCUT2D eigenvalue weighted by Crippen LogP contribution is 2.41. The van der Waals surface area contributed by atoms with Crippen molar-refractivity contribution in [2.24, 2.45) is 0 Å². The molecule has 0 bridgehead atoms. The quantitative estimate of drug-likeness (QED) is 0.234. The Morgan fingerprint density at radius 2 is 1.44 bits per heavy atom. The van der Waals surface area contributed by atoms with Gasteiger partial charge in [0.2, 0.25) is 0 Å². The number of aromatic nitrogens is 1. The average molecular weight is 507 g/mol. The van der Waals surface area contributed by atoms with Gasteiger partial charge in [0.15, 0.2) is 0 Å². The highest BCUT2D eigenvalue weighted by Gasteiger charge is 2.20. The molecule has 190 valence electrons. The molecule has 0 fully saturated rings. The van der Waals surface area contributed by atoms with Crippen LogP contribution in [-0.4, -0.2) is 4.98 Å². The van der Waals surface area contributed by atoms with E-state index >= 15 is 0 Å². The Morgan fingerprint density at radius 1 is 0.692 bits per heavy atom. The lowest BCUT2D eigenvalue weighted by Crippen LogP contribution is -2.02. The van der Waals surface area contributed by atoms with E-state index in [0.717, 1.165) is 33.2 Å². The van der Waals surface area contributed by atoms with Crippen LogP contribution in [-0.2, 0) is 0 Å². The molecule has 0 unspecified atom stereocenters. The summed E-state index contributed by atoms with van der Waals surface area (Å²) in [7, 11) is 0. The van der Waals surface area contributed by atoms with Crippen molar-refractivity contribution in [3.05, 3.63) is 114 Å². The fourth-order valence-electron chi connectivity index (χ4n) is 5.53. The van der Waals surface area contributed by atoms with E-state index in [1.807, 2.05) is 24.4 Å². The summed E-state index contributed by atoms with van der Waals surface area (Å²) in [5, 5.41) is 11.4. The number of fused-ring (bicyclic) bond motifs is 3. The third-order valence-electron chi connectivity index (χ3n) is 7.50. The number of pyridine rings is 1. The second kappa shape index (κ2) is 9.89. The van der Waals surface area contributed by atoms with Crippen molar-refractivity contribution in [1.82, 2.24) is 4.98 Å². The number of rotatable bonds is 5. The van der Waals surface area contributed by atoms with Crippen LogP contribution in [0.25, 0.3) is 55.4 Å². The maximum absolute atomic E-state index is 9.35. The van der Waals surface area contributed by atoms with Gasteiger partial charge in [-0.2, -0.15) is 5.26 Å².